The van der Waals surface area contributed by atoms with Gasteiger partial charge in [-0.2, -0.15) is 0 Å². The highest BCUT2D eigenvalue weighted by atomic mass is 16.5. The minimum Gasteiger partial charge on any atom is -0.460 e. The average Bonchev–Trinajstić information content (AvgIpc) is 2.20. The van der Waals surface area contributed by atoms with E-state index in [0.29, 0.717) is 0 Å². The topological polar surface area (TPSA) is 72.8 Å². The van der Waals surface area contributed by atoms with Gasteiger partial charge in [-0.05, 0) is 6.92 Å². The van der Waals surface area contributed by atoms with Crippen LogP contribution < -0.4 is 0 Å². The second-order valence-electron chi connectivity index (χ2n) is 2.62. The Morgan fingerprint density at radius 2 is 1.93 bits per heavy atom. The zero-order valence-electron chi connectivity index (χ0n) is 8.30. The third-order valence-electron chi connectivity index (χ3n) is 1.12. The van der Waals surface area contributed by atoms with E-state index in [2.05, 4.69) is 15.4 Å². The molecular weight excluding hydrogens is 200 g/mol. The number of hydrogen-bond acceptors (Lipinski definition) is 5. The van der Waals surface area contributed by atoms with Gasteiger partial charge >= 0.3 is 11.9 Å². The first-order valence-electron chi connectivity index (χ1n) is 4.19. The summed E-state index contributed by atoms with van der Waals surface area (Å²) in [6.45, 7) is 1.20. The number of terminal acetylenes is 1. The van der Waals surface area contributed by atoms with E-state index in [1.807, 2.05) is 0 Å². The molecule has 0 fully saturated rings. The molecular formula is C10H12O5. The first-order valence-corrected chi connectivity index (χ1v) is 4.19. The van der Waals surface area contributed by atoms with Crippen LogP contribution in [0.5, 0.6) is 0 Å². The Labute approximate surface area is 87.7 Å². The van der Waals surface area contributed by atoms with E-state index in [1.54, 1.807) is 0 Å². The van der Waals surface area contributed by atoms with Crippen LogP contribution in [-0.2, 0) is 19.1 Å². The van der Waals surface area contributed by atoms with Crippen LogP contribution >= 0.6 is 0 Å². The number of carbonyl (C=O) groups is 2. The Kier molecular flexibility index (Phi) is 6.68. The predicted molar refractivity (Wildman–Crippen MR) is 51.6 cm³/mol. The Morgan fingerprint density at radius 3 is 2.40 bits per heavy atom. The molecule has 0 aromatic carbocycles. The quantitative estimate of drug-likeness (QED) is 0.383. The molecule has 1 atom stereocenters. The highest BCUT2D eigenvalue weighted by Crippen LogP contribution is 1.88. The van der Waals surface area contributed by atoms with Crippen LogP contribution in [0.15, 0.2) is 12.2 Å². The molecule has 0 aliphatic heterocycles. The van der Waals surface area contributed by atoms with Gasteiger partial charge in [0.25, 0.3) is 0 Å². The van der Waals surface area contributed by atoms with E-state index in [1.165, 1.54) is 6.92 Å². The molecule has 1 unspecified atom stereocenters. The molecule has 0 rings (SSSR count). The Balaban J connectivity index is 3.80. The molecule has 5 heteroatoms. The van der Waals surface area contributed by atoms with Crippen molar-refractivity contribution in [3.05, 3.63) is 12.2 Å². The molecule has 82 valence electrons. The van der Waals surface area contributed by atoms with Crippen LogP contribution in [-0.4, -0.2) is 36.4 Å². The van der Waals surface area contributed by atoms with Crippen molar-refractivity contribution in [2.75, 3.05) is 13.2 Å². The van der Waals surface area contributed by atoms with Crippen LogP contribution in [0.25, 0.3) is 0 Å². The molecule has 0 radical (unpaired) electrons. The molecule has 0 spiro atoms. The second-order valence-corrected chi connectivity index (χ2v) is 2.62. The zero-order chi connectivity index (χ0) is 11.7. The van der Waals surface area contributed by atoms with Crippen LogP contribution in [0.3, 0.4) is 0 Å². The summed E-state index contributed by atoms with van der Waals surface area (Å²) in [4.78, 5) is 21.6. The molecule has 0 aromatic heterocycles. The Bertz CT molecular complexity index is 285. The Hall–Kier alpha value is -1.80. The molecule has 15 heavy (non-hydrogen) atoms. The standard InChI is InChI=1S/C10H12O5/c1-3-6-14-9(12)4-5-10(13)15-7-8(2)11/h1,4-5,8,11H,6-7H2,2H3/b5-4+. The van der Waals surface area contributed by atoms with Gasteiger partial charge in [0.15, 0.2) is 6.61 Å². The Morgan fingerprint density at radius 1 is 1.40 bits per heavy atom. The van der Waals surface area contributed by atoms with E-state index < -0.39 is 18.0 Å². The van der Waals surface area contributed by atoms with Gasteiger partial charge in [-0.1, -0.05) is 5.92 Å². The molecule has 0 amide bonds. The van der Waals surface area contributed by atoms with Crippen molar-refractivity contribution in [1.29, 1.82) is 0 Å². The van der Waals surface area contributed by atoms with Gasteiger partial charge in [0.1, 0.15) is 6.61 Å². The number of esters is 2. The summed E-state index contributed by atoms with van der Waals surface area (Å²) in [6, 6.07) is 0. The van der Waals surface area contributed by atoms with Gasteiger partial charge < -0.3 is 14.6 Å². The third-order valence-corrected chi connectivity index (χ3v) is 1.12. The van der Waals surface area contributed by atoms with Crippen LogP contribution in [0.4, 0.5) is 0 Å². The fourth-order valence-electron chi connectivity index (χ4n) is 0.548. The lowest BCUT2D eigenvalue weighted by Gasteiger charge is -2.03. The summed E-state index contributed by atoms with van der Waals surface area (Å²) < 4.78 is 8.98. The maximum absolute atomic E-state index is 10.9. The van der Waals surface area contributed by atoms with Crippen molar-refractivity contribution in [2.45, 2.75) is 13.0 Å². The van der Waals surface area contributed by atoms with Crippen molar-refractivity contribution in [3.8, 4) is 12.3 Å². The summed E-state index contributed by atoms with van der Waals surface area (Å²) >= 11 is 0. The minimum absolute atomic E-state index is 0.122. The number of aliphatic hydroxyl groups excluding tert-OH is 1. The van der Waals surface area contributed by atoms with E-state index in [4.69, 9.17) is 11.5 Å². The monoisotopic (exact) mass is 212 g/mol. The third kappa shape index (κ3) is 8.53. The summed E-state index contributed by atoms with van der Waals surface area (Å²) in [5.74, 6) is 0.652. The van der Waals surface area contributed by atoms with Crippen LogP contribution in [0.1, 0.15) is 6.92 Å². The lowest BCUT2D eigenvalue weighted by molar-refractivity contribution is -0.141. The van der Waals surface area contributed by atoms with Gasteiger partial charge in [-0.15, -0.1) is 6.42 Å². The highest BCUT2D eigenvalue weighted by Gasteiger charge is 2.02. The fourth-order valence-corrected chi connectivity index (χ4v) is 0.548. The normalized spacial score (nSPS) is 11.8. The van der Waals surface area contributed by atoms with Crippen LogP contribution in [0.2, 0.25) is 0 Å². The SMILES string of the molecule is C#CCOC(=O)/C=C/C(=O)OCC(C)O. The van der Waals surface area contributed by atoms with Crippen molar-refractivity contribution in [1.82, 2.24) is 0 Å². The summed E-state index contributed by atoms with van der Waals surface area (Å²) in [7, 11) is 0. The number of aliphatic hydroxyl groups is 1. The largest absolute Gasteiger partial charge is 0.460 e. The molecule has 0 aliphatic rings. The molecule has 0 heterocycles. The van der Waals surface area contributed by atoms with E-state index in [-0.39, 0.29) is 13.2 Å². The second kappa shape index (κ2) is 7.59. The molecule has 1 N–H and O–H groups in total. The van der Waals surface area contributed by atoms with Gasteiger partial charge in [0.05, 0.1) is 6.10 Å². The molecule has 0 saturated carbocycles. The van der Waals surface area contributed by atoms with Gasteiger partial charge in [0, 0.05) is 12.2 Å². The maximum atomic E-state index is 10.9. The number of rotatable bonds is 5. The summed E-state index contributed by atoms with van der Waals surface area (Å²) in [5.41, 5.74) is 0. The predicted octanol–water partition coefficient (Wildman–Crippen LogP) is -0.357. The molecule has 0 saturated heterocycles. The maximum Gasteiger partial charge on any atom is 0.331 e. The number of hydrogen-bond donors (Lipinski definition) is 1. The van der Waals surface area contributed by atoms with Crippen LogP contribution in [0, 0.1) is 12.3 Å². The van der Waals surface area contributed by atoms with Crippen molar-refractivity contribution < 1.29 is 24.2 Å². The first-order chi connectivity index (χ1) is 7.06. The average molecular weight is 212 g/mol. The van der Waals surface area contributed by atoms with E-state index >= 15 is 0 Å². The molecule has 0 aromatic rings. The van der Waals surface area contributed by atoms with Gasteiger partial charge in [-0.3, -0.25) is 0 Å². The summed E-state index contributed by atoms with van der Waals surface area (Å²) in [6.07, 6.45) is 5.91. The molecule has 5 nitrogen and oxygen atoms in total. The number of ether oxygens (including phenoxy) is 2. The first kappa shape index (κ1) is 13.2. The van der Waals surface area contributed by atoms with E-state index in [9.17, 15) is 9.59 Å². The smallest absolute Gasteiger partial charge is 0.331 e. The molecule has 0 aliphatic carbocycles. The highest BCUT2D eigenvalue weighted by molar-refractivity contribution is 5.91. The number of carbonyl (C=O) groups excluding carboxylic acids is 2. The van der Waals surface area contributed by atoms with E-state index in [0.717, 1.165) is 12.2 Å². The summed E-state index contributed by atoms with van der Waals surface area (Å²) in [5, 5.41) is 8.78. The lowest BCUT2D eigenvalue weighted by atomic mass is 10.4. The van der Waals surface area contributed by atoms with Crippen molar-refractivity contribution in [3.63, 3.8) is 0 Å². The fraction of sp³-hybridized carbons (Fsp3) is 0.400. The minimum atomic E-state index is -0.740. The van der Waals surface area contributed by atoms with Crippen molar-refractivity contribution in [2.24, 2.45) is 0 Å². The van der Waals surface area contributed by atoms with Gasteiger partial charge in [0.2, 0.25) is 0 Å². The lowest BCUT2D eigenvalue weighted by Crippen LogP contribution is -2.14. The molecule has 0 bridgehead atoms. The zero-order valence-corrected chi connectivity index (χ0v) is 8.30. The van der Waals surface area contributed by atoms with Gasteiger partial charge in [-0.25, -0.2) is 9.59 Å². The van der Waals surface area contributed by atoms with Crippen molar-refractivity contribution >= 4 is 11.9 Å².